The molecular weight excluding hydrogens is 242 g/mol. The van der Waals surface area contributed by atoms with E-state index in [2.05, 4.69) is 35.8 Å². The third kappa shape index (κ3) is 3.60. The molecule has 0 atom stereocenters. The van der Waals surface area contributed by atoms with Crippen LogP contribution in [0.2, 0.25) is 0 Å². The van der Waals surface area contributed by atoms with Crippen LogP contribution in [-0.4, -0.2) is 35.6 Å². The van der Waals surface area contributed by atoms with Gasteiger partial charge >= 0.3 is 0 Å². The van der Waals surface area contributed by atoms with E-state index in [0.29, 0.717) is 5.92 Å². The van der Waals surface area contributed by atoms with Gasteiger partial charge in [-0.2, -0.15) is 0 Å². The standard InChI is InChI=1S/C14H19N3S/c1-11(2)10-15-12-4-6-13(7-5-12)16-14-17(3)8-9-18-14/h4-7,10-11H,8-9H2,1-3H3. The van der Waals surface area contributed by atoms with Gasteiger partial charge in [0.25, 0.3) is 0 Å². The van der Waals surface area contributed by atoms with Crippen molar-refractivity contribution in [3.05, 3.63) is 24.3 Å². The molecular formula is C14H19N3S. The minimum Gasteiger partial charge on any atom is -0.353 e. The van der Waals surface area contributed by atoms with Gasteiger partial charge in [0, 0.05) is 25.6 Å². The molecule has 0 N–H and O–H groups in total. The summed E-state index contributed by atoms with van der Waals surface area (Å²) >= 11 is 1.81. The van der Waals surface area contributed by atoms with Crippen molar-refractivity contribution >= 4 is 34.5 Å². The molecule has 0 radical (unpaired) electrons. The fourth-order valence-electron chi connectivity index (χ4n) is 1.56. The van der Waals surface area contributed by atoms with Crippen LogP contribution in [0.4, 0.5) is 11.4 Å². The highest BCUT2D eigenvalue weighted by Crippen LogP contribution is 2.23. The second-order valence-electron chi connectivity index (χ2n) is 4.70. The zero-order chi connectivity index (χ0) is 13.0. The Hall–Kier alpha value is -1.29. The summed E-state index contributed by atoms with van der Waals surface area (Å²) in [5.41, 5.74) is 1.98. The highest BCUT2D eigenvalue weighted by atomic mass is 32.2. The molecule has 1 aromatic rings. The number of benzene rings is 1. The monoisotopic (exact) mass is 261 g/mol. The van der Waals surface area contributed by atoms with Gasteiger partial charge in [-0.1, -0.05) is 25.6 Å². The van der Waals surface area contributed by atoms with Crippen molar-refractivity contribution in [2.24, 2.45) is 15.9 Å². The van der Waals surface area contributed by atoms with Crippen molar-refractivity contribution < 1.29 is 0 Å². The largest absolute Gasteiger partial charge is 0.353 e. The van der Waals surface area contributed by atoms with Gasteiger partial charge in [-0.25, -0.2) is 4.99 Å². The number of aliphatic imine (C=N–C) groups is 2. The Bertz CT molecular complexity index is 449. The van der Waals surface area contributed by atoms with Gasteiger partial charge < -0.3 is 4.90 Å². The molecule has 96 valence electrons. The molecule has 1 aromatic carbocycles. The SMILES string of the molecule is CC(C)C=Nc1ccc(N=C2SCCN2C)cc1. The Morgan fingerprint density at radius 3 is 2.44 bits per heavy atom. The third-order valence-corrected chi connectivity index (χ3v) is 3.63. The van der Waals surface area contributed by atoms with E-state index in [-0.39, 0.29) is 0 Å². The van der Waals surface area contributed by atoms with Gasteiger partial charge in [0.15, 0.2) is 5.17 Å². The minimum atomic E-state index is 0.480. The van der Waals surface area contributed by atoms with Crippen molar-refractivity contribution in [2.75, 3.05) is 19.3 Å². The maximum atomic E-state index is 4.63. The number of thioether (sulfide) groups is 1. The normalized spacial score (nSPS) is 18.4. The van der Waals surface area contributed by atoms with Crippen molar-refractivity contribution in [3.63, 3.8) is 0 Å². The molecule has 3 nitrogen and oxygen atoms in total. The maximum Gasteiger partial charge on any atom is 0.164 e. The van der Waals surface area contributed by atoms with Gasteiger partial charge in [0.1, 0.15) is 0 Å². The summed E-state index contributed by atoms with van der Waals surface area (Å²) in [5.74, 6) is 1.61. The molecule has 1 fully saturated rings. The molecule has 1 saturated heterocycles. The van der Waals surface area contributed by atoms with E-state index in [1.807, 2.05) is 42.2 Å². The lowest BCUT2D eigenvalue weighted by molar-refractivity contribution is 0.563. The van der Waals surface area contributed by atoms with Gasteiger partial charge in [-0.05, 0) is 30.2 Å². The highest BCUT2D eigenvalue weighted by molar-refractivity contribution is 8.14. The first-order valence-corrected chi connectivity index (χ1v) is 7.20. The number of amidine groups is 1. The Kier molecular flexibility index (Phi) is 4.42. The Labute approximate surface area is 113 Å². The van der Waals surface area contributed by atoms with E-state index in [4.69, 9.17) is 0 Å². The van der Waals surface area contributed by atoms with Crippen molar-refractivity contribution in [1.82, 2.24) is 4.90 Å². The average Bonchev–Trinajstić information content (AvgIpc) is 2.74. The maximum absolute atomic E-state index is 4.63. The van der Waals surface area contributed by atoms with Crippen molar-refractivity contribution in [2.45, 2.75) is 13.8 Å². The van der Waals surface area contributed by atoms with Crippen molar-refractivity contribution in [3.8, 4) is 0 Å². The summed E-state index contributed by atoms with van der Waals surface area (Å²) in [6.07, 6.45) is 1.96. The summed E-state index contributed by atoms with van der Waals surface area (Å²) in [5, 5.41) is 1.11. The predicted molar refractivity (Wildman–Crippen MR) is 81.6 cm³/mol. The molecule has 0 saturated carbocycles. The van der Waals surface area contributed by atoms with Crippen LogP contribution >= 0.6 is 11.8 Å². The smallest absolute Gasteiger partial charge is 0.164 e. The molecule has 0 bridgehead atoms. The third-order valence-electron chi connectivity index (χ3n) is 2.58. The summed E-state index contributed by atoms with van der Waals surface area (Å²) < 4.78 is 0. The molecule has 0 unspecified atom stereocenters. The Balaban J connectivity index is 2.08. The average molecular weight is 261 g/mol. The second-order valence-corrected chi connectivity index (χ2v) is 5.77. The van der Waals surface area contributed by atoms with E-state index in [9.17, 15) is 0 Å². The minimum absolute atomic E-state index is 0.480. The molecule has 1 heterocycles. The van der Waals surface area contributed by atoms with Gasteiger partial charge in [0.05, 0.1) is 11.4 Å². The quantitative estimate of drug-likeness (QED) is 0.776. The van der Waals surface area contributed by atoms with Crippen LogP contribution in [0.3, 0.4) is 0 Å². The molecule has 0 aromatic heterocycles. The number of hydrogen-bond acceptors (Lipinski definition) is 3. The van der Waals surface area contributed by atoms with E-state index < -0.39 is 0 Å². The molecule has 18 heavy (non-hydrogen) atoms. The second kappa shape index (κ2) is 6.05. The van der Waals surface area contributed by atoms with Crippen LogP contribution in [0, 0.1) is 5.92 Å². The molecule has 4 heteroatoms. The first-order chi connectivity index (χ1) is 8.65. The summed E-state index contributed by atoms with van der Waals surface area (Å²) in [4.78, 5) is 11.2. The highest BCUT2D eigenvalue weighted by Gasteiger charge is 2.14. The van der Waals surface area contributed by atoms with E-state index in [1.54, 1.807) is 0 Å². The lowest BCUT2D eigenvalue weighted by atomic mass is 10.2. The fourth-order valence-corrected chi connectivity index (χ4v) is 2.59. The molecule has 1 aliphatic rings. The first-order valence-electron chi connectivity index (χ1n) is 6.22. The van der Waals surface area contributed by atoms with E-state index in [1.165, 1.54) is 0 Å². The van der Waals surface area contributed by atoms with Crippen LogP contribution in [0.15, 0.2) is 34.3 Å². The predicted octanol–water partition coefficient (Wildman–Crippen LogP) is 3.71. The molecule has 0 amide bonds. The van der Waals surface area contributed by atoms with Crippen LogP contribution in [0.25, 0.3) is 0 Å². The molecule has 0 aliphatic carbocycles. The van der Waals surface area contributed by atoms with E-state index in [0.717, 1.165) is 28.8 Å². The molecule has 0 spiro atoms. The number of rotatable bonds is 3. The van der Waals surface area contributed by atoms with Crippen LogP contribution in [-0.2, 0) is 0 Å². The number of nitrogens with zero attached hydrogens (tertiary/aromatic N) is 3. The summed E-state index contributed by atoms with van der Waals surface area (Å²) in [7, 11) is 2.08. The number of hydrogen-bond donors (Lipinski definition) is 0. The van der Waals surface area contributed by atoms with Crippen LogP contribution in [0.5, 0.6) is 0 Å². The van der Waals surface area contributed by atoms with Crippen LogP contribution < -0.4 is 0 Å². The summed E-state index contributed by atoms with van der Waals surface area (Å²) in [6.45, 7) is 5.33. The molecule has 1 aliphatic heterocycles. The Morgan fingerprint density at radius 1 is 1.22 bits per heavy atom. The zero-order valence-corrected chi connectivity index (χ0v) is 11.9. The summed E-state index contributed by atoms with van der Waals surface area (Å²) in [6, 6.07) is 8.06. The first kappa shape index (κ1) is 13.1. The van der Waals surface area contributed by atoms with E-state index >= 15 is 0 Å². The Morgan fingerprint density at radius 2 is 1.89 bits per heavy atom. The fraction of sp³-hybridized carbons (Fsp3) is 0.429. The topological polar surface area (TPSA) is 28.0 Å². The van der Waals surface area contributed by atoms with Gasteiger partial charge in [-0.3, -0.25) is 4.99 Å². The lowest BCUT2D eigenvalue weighted by Gasteiger charge is -2.09. The lowest BCUT2D eigenvalue weighted by Crippen LogP contribution is -2.17. The molecule has 2 rings (SSSR count). The van der Waals surface area contributed by atoms with Gasteiger partial charge in [-0.15, -0.1) is 0 Å². The van der Waals surface area contributed by atoms with Gasteiger partial charge in [0.2, 0.25) is 0 Å². The zero-order valence-electron chi connectivity index (χ0n) is 11.1. The van der Waals surface area contributed by atoms with Crippen molar-refractivity contribution in [1.29, 1.82) is 0 Å². The van der Waals surface area contributed by atoms with Crippen LogP contribution in [0.1, 0.15) is 13.8 Å².